The predicted octanol–water partition coefficient (Wildman–Crippen LogP) is 1.39. The second kappa shape index (κ2) is 5.51. The molecule has 1 heterocycles. The van der Waals surface area contributed by atoms with Crippen molar-refractivity contribution in [2.75, 3.05) is 13.6 Å². The summed E-state index contributed by atoms with van der Waals surface area (Å²) in [6.07, 6.45) is 0. The van der Waals surface area contributed by atoms with Crippen LogP contribution in [-0.4, -0.2) is 34.1 Å². The molecule has 0 radical (unpaired) electrons. The molecule has 0 saturated heterocycles. The monoisotopic (exact) mass is 257 g/mol. The molecule has 0 saturated carbocycles. The fourth-order valence-corrected chi connectivity index (χ4v) is 1.96. The van der Waals surface area contributed by atoms with Gasteiger partial charge >= 0.3 is 0 Å². The number of nitrogens with zero attached hydrogens (tertiary/aromatic N) is 3. The van der Waals surface area contributed by atoms with E-state index >= 15 is 0 Å². The first-order valence-electron chi connectivity index (χ1n) is 5.53. The zero-order valence-electron chi connectivity index (χ0n) is 10.8. The summed E-state index contributed by atoms with van der Waals surface area (Å²) in [6, 6.07) is 0. The molecule has 1 aromatic heterocycles. The van der Waals surface area contributed by atoms with Crippen LogP contribution in [0.1, 0.15) is 18.3 Å². The number of hydrogen-bond donors (Lipinski definition) is 2. The predicted molar refractivity (Wildman–Crippen MR) is 70.4 cm³/mol. The molecule has 1 rings (SSSR count). The second-order valence-corrected chi connectivity index (χ2v) is 4.90. The van der Waals surface area contributed by atoms with Gasteiger partial charge in [0.15, 0.2) is 0 Å². The van der Waals surface area contributed by atoms with E-state index in [4.69, 9.17) is 22.7 Å². The normalized spacial score (nSPS) is 13.1. The van der Waals surface area contributed by atoms with Crippen LogP contribution in [0, 0.1) is 18.3 Å². The van der Waals surface area contributed by atoms with E-state index in [0.29, 0.717) is 6.54 Å². The number of hydrogen-bond acceptors (Lipinski definition) is 3. The highest BCUT2D eigenvalue weighted by molar-refractivity contribution is 6.31. The van der Waals surface area contributed by atoms with Gasteiger partial charge in [-0.05, 0) is 14.0 Å². The van der Waals surface area contributed by atoms with Gasteiger partial charge in [-0.15, -0.1) is 0 Å². The fraction of sp³-hybridized carbons (Fsp3) is 0.636. The van der Waals surface area contributed by atoms with Crippen molar-refractivity contribution < 1.29 is 0 Å². The van der Waals surface area contributed by atoms with E-state index in [1.165, 1.54) is 0 Å². The van der Waals surface area contributed by atoms with Crippen LogP contribution in [0.3, 0.4) is 0 Å². The summed E-state index contributed by atoms with van der Waals surface area (Å²) < 4.78 is 1.80. The molecule has 0 bridgehead atoms. The van der Waals surface area contributed by atoms with Crippen LogP contribution in [-0.2, 0) is 13.6 Å². The van der Waals surface area contributed by atoms with Gasteiger partial charge in [-0.25, -0.2) is 0 Å². The van der Waals surface area contributed by atoms with Crippen molar-refractivity contribution in [1.29, 1.82) is 5.41 Å². The van der Waals surface area contributed by atoms with E-state index in [0.717, 1.165) is 23.0 Å². The summed E-state index contributed by atoms with van der Waals surface area (Å²) in [4.78, 5) is 2.09. The third-order valence-corrected chi connectivity index (χ3v) is 3.29. The third kappa shape index (κ3) is 3.44. The second-order valence-electron chi connectivity index (χ2n) is 4.52. The molecule has 96 valence electrons. The van der Waals surface area contributed by atoms with E-state index in [9.17, 15) is 0 Å². The Morgan fingerprint density at radius 2 is 2.24 bits per heavy atom. The van der Waals surface area contributed by atoms with Gasteiger partial charge in [0.2, 0.25) is 0 Å². The molecule has 0 fully saturated rings. The Hall–Kier alpha value is -1.07. The Kier molecular flexibility index (Phi) is 4.54. The number of aryl methyl sites for hydroxylation is 2. The van der Waals surface area contributed by atoms with E-state index in [2.05, 4.69) is 10.00 Å². The largest absolute Gasteiger partial charge is 0.387 e. The molecule has 0 aliphatic rings. The maximum absolute atomic E-state index is 7.37. The summed E-state index contributed by atoms with van der Waals surface area (Å²) in [5.41, 5.74) is 7.29. The zero-order valence-corrected chi connectivity index (χ0v) is 11.5. The third-order valence-electron chi connectivity index (χ3n) is 2.80. The summed E-state index contributed by atoms with van der Waals surface area (Å²) in [7, 11) is 3.87. The van der Waals surface area contributed by atoms with Crippen LogP contribution in [0.5, 0.6) is 0 Å². The van der Waals surface area contributed by atoms with Crippen molar-refractivity contribution in [1.82, 2.24) is 14.7 Å². The first kappa shape index (κ1) is 14.0. The zero-order chi connectivity index (χ0) is 13.2. The summed E-state index contributed by atoms with van der Waals surface area (Å²) in [5, 5.41) is 12.4. The van der Waals surface area contributed by atoms with Crippen LogP contribution in [0.4, 0.5) is 0 Å². The summed E-state index contributed by atoms with van der Waals surface area (Å²) >= 11 is 6.18. The topological polar surface area (TPSA) is 70.9 Å². The minimum absolute atomic E-state index is 0.0492. The molecule has 0 spiro atoms. The number of nitrogens with two attached hydrogens (primary N) is 1. The molecule has 6 heteroatoms. The van der Waals surface area contributed by atoms with E-state index < -0.39 is 0 Å². The molecule has 5 nitrogen and oxygen atoms in total. The molecule has 3 N–H and O–H groups in total. The standard InChI is InChI=1S/C11H20ClN5/c1-7(11(13)14)5-16(3)6-9-10(12)8(2)15-17(9)4/h7H,5-6H2,1-4H3,(H3,13,14). The summed E-state index contributed by atoms with van der Waals surface area (Å²) in [6.45, 7) is 5.27. The van der Waals surface area contributed by atoms with Crippen molar-refractivity contribution in [2.24, 2.45) is 18.7 Å². The molecule has 0 aromatic carbocycles. The van der Waals surface area contributed by atoms with Gasteiger partial charge in [0.1, 0.15) is 0 Å². The molecule has 17 heavy (non-hydrogen) atoms. The first-order chi connectivity index (χ1) is 7.82. The lowest BCUT2D eigenvalue weighted by Crippen LogP contribution is -2.32. The number of halogens is 1. The Balaban J connectivity index is 2.68. The van der Waals surface area contributed by atoms with Crippen molar-refractivity contribution in [3.63, 3.8) is 0 Å². The number of aromatic nitrogens is 2. The van der Waals surface area contributed by atoms with Crippen molar-refractivity contribution in [3.8, 4) is 0 Å². The Labute approximate surface area is 107 Å². The van der Waals surface area contributed by atoms with Gasteiger partial charge in [-0.1, -0.05) is 18.5 Å². The molecular weight excluding hydrogens is 238 g/mol. The first-order valence-corrected chi connectivity index (χ1v) is 5.91. The lowest BCUT2D eigenvalue weighted by atomic mass is 10.1. The fourth-order valence-electron chi connectivity index (χ4n) is 1.74. The highest BCUT2D eigenvalue weighted by atomic mass is 35.5. The number of amidine groups is 1. The highest BCUT2D eigenvalue weighted by Gasteiger charge is 2.15. The van der Waals surface area contributed by atoms with E-state index in [1.54, 1.807) is 4.68 Å². The quantitative estimate of drug-likeness (QED) is 0.619. The Morgan fingerprint density at radius 1 is 1.65 bits per heavy atom. The lowest BCUT2D eigenvalue weighted by Gasteiger charge is -2.20. The Bertz CT molecular complexity index is 412. The average molecular weight is 258 g/mol. The van der Waals surface area contributed by atoms with Gasteiger partial charge < -0.3 is 5.73 Å². The molecule has 1 aromatic rings. The van der Waals surface area contributed by atoms with Crippen molar-refractivity contribution in [3.05, 3.63) is 16.4 Å². The molecular formula is C11H20ClN5. The van der Waals surface area contributed by atoms with Gasteiger partial charge in [-0.2, -0.15) is 5.10 Å². The lowest BCUT2D eigenvalue weighted by molar-refractivity contribution is 0.298. The maximum atomic E-state index is 7.37. The average Bonchev–Trinajstić information content (AvgIpc) is 2.45. The number of rotatable bonds is 5. The minimum Gasteiger partial charge on any atom is -0.387 e. The molecule has 0 aliphatic heterocycles. The molecule has 1 unspecified atom stereocenters. The van der Waals surface area contributed by atoms with Crippen LogP contribution in [0.2, 0.25) is 5.02 Å². The molecule has 0 amide bonds. The van der Waals surface area contributed by atoms with Crippen LogP contribution >= 0.6 is 11.6 Å². The minimum atomic E-state index is 0.0492. The van der Waals surface area contributed by atoms with Gasteiger partial charge in [0, 0.05) is 26.1 Å². The van der Waals surface area contributed by atoms with Gasteiger partial charge in [0.25, 0.3) is 0 Å². The van der Waals surface area contributed by atoms with Crippen molar-refractivity contribution in [2.45, 2.75) is 20.4 Å². The van der Waals surface area contributed by atoms with Crippen molar-refractivity contribution >= 4 is 17.4 Å². The van der Waals surface area contributed by atoms with Gasteiger partial charge in [-0.3, -0.25) is 15.0 Å². The smallest absolute Gasteiger partial charge is 0.0947 e. The maximum Gasteiger partial charge on any atom is 0.0947 e. The van der Waals surface area contributed by atoms with Gasteiger partial charge in [0.05, 0.1) is 22.2 Å². The highest BCUT2D eigenvalue weighted by Crippen LogP contribution is 2.20. The molecule has 1 atom stereocenters. The van der Waals surface area contributed by atoms with Crippen LogP contribution in [0.15, 0.2) is 0 Å². The molecule has 0 aliphatic carbocycles. The number of nitrogens with one attached hydrogen (secondary N) is 1. The van der Waals surface area contributed by atoms with E-state index in [1.807, 2.05) is 27.9 Å². The van der Waals surface area contributed by atoms with E-state index in [-0.39, 0.29) is 11.8 Å². The summed E-state index contributed by atoms with van der Waals surface area (Å²) in [5.74, 6) is 0.261. The Morgan fingerprint density at radius 3 is 2.65 bits per heavy atom. The van der Waals surface area contributed by atoms with Crippen LogP contribution in [0.25, 0.3) is 0 Å². The SMILES string of the molecule is Cc1nn(C)c(CN(C)CC(C)C(=N)N)c1Cl. The van der Waals surface area contributed by atoms with Crippen LogP contribution < -0.4 is 5.73 Å².